The number of carbonyl (C=O) groups excluding carboxylic acids is 1. The van der Waals surface area contributed by atoms with Crippen LogP contribution in [-0.2, 0) is 20.6 Å². The average molecular weight is 361 g/mol. The van der Waals surface area contributed by atoms with Crippen molar-refractivity contribution in [2.24, 2.45) is 14.1 Å². The Morgan fingerprint density at radius 3 is 2.78 bits per heavy atom. The molecule has 0 aliphatic heterocycles. The molecule has 2 heterocycles. The van der Waals surface area contributed by atoms with Gasteiger partial charge in [-0.05, 0) is 0 Å². The second kappa shape index (κ2) is 5.98. The van der Waals surface area contributed by atoms with Gasteiger partial charge in [0.15, 0.2) is 0 Å². The lowest BCUT2D eigenvalue weighted by atomic mass is 10.3. The van der Waals surface area contributed by atoms with Crippen molar-refractivity contribution in [2.75, 3.05) is 7.05 Å². The van der Waals surface area contributed by atoms with Crippen LogP contribution in [0.1, 0.15) is 5.56 Å². The summed E-state index contributed by atoms with van der Waals surface area (Å²) in [5.41, 5.74) is 1.01. The van der Waals surface area contributed by atoms with Crippen LogP contribution in [0.25, 0.3) is 0 Å². The highest BCUT2D eigenvalue weighted by Gasteiger charge is 2.17. The van der Waals surface area contributed by atoms with Crippen molar-refractivity contribution in [1.29, 1.82) is 0 Å². The molecule has 7 heteroatoms. The number of amides is 1. The van der Waals surface area contributed by atoms with Gasteiger partial charge >= 0.3 is 6.03 Å². The molecule has 0 radical (unpaired) electrons. The smallest absolute Gasteiger partial charge is 0.415 e. The largest absolute Gasteiger partial charge is 1.00 e. The third-order valence-electron chi connectivity index (χ3n) is 2.49. The molecule has 0 aromatic carbocycles. The fourth-order valence-electron chi connectivity index (χ4n) is 1.66. The van der Waals surface area contributed by atoms with E-state index in [0.29, 0.717) is 6.54 Å². The van der Waals surface area contributed by atoms with E-state index in [1.54, 1.807) is 39.9 Å². The minimum atomic E-state index is -0.0607. The quantitative estimate of drug-likeness (QED) is 0.427. The van der Waals surface area contributed by atoms with Gasteiger partial charge in [0.05, 0.1) is 19.8 Å². The fourth-order valence-corrected chi connectivity index (χ4v) is 1.66. The van der Waals surface area contributed by atoms with E-state index in [9.17, 15) is 4.79 Å². The van der Waals surface area contributed by atoms with Gasteiger partial charge in [0.25, 0.3) is 6.33 Å². The van der Waals surface area contributed by atoms with Crippen LogP contribution in [-0.4, -0.2) is 32.3 Å². The monoisotopic (exact) mass is 361 g/mol. The van der Waals surface area contributed by atoms with E-state index >= 15 is 0 Å². The van der Waals surface area contributed by atoms with Gasteiger partial charge in [-0.15, -0.1) is 0 Å². The van der Waals surface area contributed by atoms with Crippen LogP contribution in [0.4, 0.5) is 4.79 Å². The zero-order chi connectivity index (χ0) is 12.4. The van der Waals surface area contributed by atoms with Crippen LogP contribution >= 0.6 is 0 Å². The molecule has 0 saturated heterocycles. The summed E-state index contributed by atoms with van der Waals surface area (Å²) in [7, 11) is 5.51. The molecule has 6 nitrogen and oxygen atoms in total. The van der Waals surface area contributed by atoms with E-state index in [4.69, 9.17) is 0 Å². The van der Waals surface area contributed by atoms with Crippen LogP contribution in [0.15, 0.2) is 31.1 Å². The number of nitrogens with zero attached hydrogens (tertiary/aromatic N) is 5. The van der Waals surface area contributed by atoms with Gasteiger partial charge in [-0.3, -0.25) is 4.68 Å². The molecule has 98 valence electrons. The van der Waals surface area contributed by atoms with Gasteiger partial charge in [0.1, 0.15) is 12.4 Å². The third-order valence-corrected chi connectivity index (χ3v) is 2.49. The molecule has 0 unspecified atom stereocenters. The lowest BCUT2D eigenvalue weighted by molar-refractivity contribution is -0.670. The number of rotatable bonds is 2. The Morgan fingerprint density at radius 2 is 2.28 bits per heavy atom. The van der Waals surface area contributed by atoms with Gasteiger partial charge in [-0.25, -0.2) is 9.36 Å². The van der Waals surface area contributed by atoms with E-state index in [-0.39, 0.29) is 30.0 Å². The molecule has 2 rings (SSSR count). The van der Waals surface area contributed by atoms with Crippen LogP contribution in [0.5, 0.6) is 0 Å². The summed E-state index contributed by atoms with van der Waals surface area (Å²) in [6.07, 6.45) is 8.97. The molecule has 2 aromatic heterocycles. The summed E-state index contributed by atoms with van der Waals surface area (Å²) in [4.78, 5) is 13.7. The van der Waals surface area contributed by atoms with Gasteiger partial charge < -0.3 is 28.9 Å². The van der Waals surface area contributed by atoms with Gasteiger partial charge in [-0.2, -0.15) is 9.67 Å². The highest BCUT2D eigenvalue weighted by Crippen LogP contribution is 2.03. The Hall–Kier alpha value is -1.38. The highest BCUT2D eigenvalue weighted by atomic mass is 127. The highest BCUT2D eigenvalue weighted by molar-refractivity contribution is 5.76. The lowest BCUT2D eigenvalue weighted by Gasteiger charge is -2.12. The maximum absolute atomic E-state index is 12.0. The van der Waals surface area contributed by atoms with Crippen LogP contribution in [0.3, 0.4) is 0 Å². The Balaban J connectivity index is 0.00000162. The Labute approximate surface area is 123 Å². The fraction of sp³-hybridized carbons (Fsp3) is 0.364. The van der Waals surface area contributed by atoms with Crippen LogP contribution in [0, 0.1) is 0 Å². The number of hydrogen-bond donors (Lipinski definition) is 0. The molecule has 0 N–H and O–H groups in total. The van der Waals surface area contributed by atoms with E-state index in [1.165, 1.54) is 0 Å². The molecule has 0 aliphatic rings. The molecule has 2 aromatic rings. The van der Waals surface area contributed by atoms with Crippen molar-refractivity contribution in [3.8, 4) is 0 Å². The minimum Gasteiger partial charge on any atom is -1.00 e. The zero-order valence-electron chi connectivity index (χ0n) is 10.6. The number of hydrogen-bond acceptors (Lipinski definition) is 2. The predicted molar refractivity (Wildman–Crippen MR) is 61.1 cm³/mol. The lowest BCUT2D eigenvalue weighted by Crippen LogP contribution is -3.00. The minimum absolute atomic E-state index is 0. The van der Waals surface area contributed by atoms with Crippen molar-refractivity contribution in [3.63, 3.8) is 0 Å². The molecule has 0 atom stereocenters. The first-order valence-electron chi connectivity index (χ1n) is 5.32. The molecule has 0 bridgehead atoms. The Kier molecular flexibility index (Phi) is 4.88. The van der Waals surface area contributed by atoms with E-state index < -0.39 is 0 Å². The SMILES string of the molecule is CN(Cc1cnn(C)c1)C(=O)n1cc[n+](C)c1.[I-]. The topological polar surface area (TPSA) is 46.9 Å². The van der Waals surface area contributed by atoms with Crippen molar-refractivity contribution < 1.29 is 33.3 Å². The molecule has 0 fully saturated rings. The normalized spacial score (nSPS) is 9.94. The van der Waals surface area contributed by atoms with Crippen molar-refractivity contribution in [2.45, 2.75) is 6.54 Å². The molecule has 0 saturated carbocycles. The molecular weight excluding hydrogens is 345 g/mol. The first kappa shape index (κ1) is 14.7. The first-order chi connectivity index (χ1) is 8.06. The van der Waals surface area contributed by atoms with Crippen molar-refractivity contribution in [3.05, 3.63) is 36.7 Å². The summed E-state index contributed by atoms with van der Waals surface area (Å²) in [6.45, 7) is 0.550. The predicted octanol–water partition coefficient (Wildman–Crippen LogP) is -2.85. The first-order valence-corrected chi connectivity index (χ1v) is 5.32. The van der Waals surface area contributed by atoms with Gasteiger partial charge in [0.2, 0.25) is 0 Å². The van der Waals surface area contributed by atoms with Gasteiger partial charge in [-0.1, -0.05) is 0 Å². The summed E-state index contributed by atoms with van der Waals surface area (Å²) in [5.74, 6) is 0. The second-order valence-electron chi connectivity index (χ2n) is 4.15. The summed E-state index contributed by atoms with van der Waals surface area (Å²) < 4.78 is 5.11. The number of aryl methyl sites for hydroxylation is 2. The van der Waals surface area contributed by atoms with Gasteiger partial charge in [0, 0.05) is 25.9 Å². The van der Waals surface area contributed by atoms with Crippen LogP contribution in [0.2, 0.25) is 0 Å². The second-order valence-corrected chi connectivity index (χ2v) is 4.15. The maximum Gasteiger partial charge on any atom is 0.415 e. The van der Waals surface area contributed by atoms with E-state index in [0.717, 1.165) is 5.56 Å². The maximum atomic E-state index is 12.0. The molecule has 0 spiro atoms. The van der Waals surface area contributed by atoms with Crippen molar-refractivity contribution in [1.82, 2.24) is 19.2 Å². The molecule has 1 amide bonds. The number of halogens is 1. The summed E-state index contributed by atoms with van der Waals surface area (Å²) in [5, 5.41) is 4.07. The molecular formula is C11H16IN5O. The zero-order valence-corrected chi connectivity index (χ0v) is 12.8. The Bertz CT molecular complexity index is 533. The average Bonchev–Trinajstić information content (AvgIpc) is 2.87. The van der Waals surface area contributed by atoms with Crippen LogP contribution < -0.4 is 28.5 Å². The molecule has 0 aliphatic carbocycles. The molecule has 18 heavy (non-hydrogen) atoms. The Morgan fingerprint density at radius 1 is 1.56 bits per heavy atom. The summed E-state index contributed by atoms with van der Waals surface area (Å²) in [6, 6.07) is -0.0607. The number of imidazole rings is 1. The van der Waals surface area contributed by atoms with E-state index in [2.05, 4.69) is 5.10 Å². The standard InChI is InChI=1S/C11H16N5O.HI/c1-13-4-5-16(9-13)11(17)14(2)7-10-6-12-15(3)8-10;/h4-6,8-9H,7H2,1-3H3;1H/q+1;/p-1. The van der Waals surface area contributed by atoms with Crippen molar-refractivity contribution >= 4 is 6.03 Å². The number of aromatic nitrogens is 4. The number of carbonyl (C=O) groups is 1. The third kappa shape index (κ3) is 3.31. The summed E-state index contributed by atoms with van der Waals surface area (Å²) >= 11 is 0. The van der Waals surface area contributed by atoms with E-state index in [1.807, 2.05) is 31.1 Å².